The molecule has 6 heteroatoms. The standard InChI is InChI=1S/C22H26N4S.ClH/c1-16-2-4-18-12-17(3-5-19(18)25-16)14-26(15-21-24-10-11-27-21)20-13-22(20)6-8-23-9-7-22;/h2-5,10-12,20,23H,6-9,13-15H2,1H3;1H. The quantitative estimate of drug-likeness (QED) is 0.664. The average molecular weight is 415 g/mol. The number of aromatic nitrogens is 2. The predicted octanol–water partition coefficient (Wildman–Crippen LogP) is 4.57. The highest BCUT2D eigenvalue weighted by Crippen LogP contribution is 2.56. The normalized spacial score (nSPS) is 20.4. The van der Waals surface area contributed by atoms with Crippen LogP contribution in [0.5, 0.6) is 0 Å². The molecule has 5 rings (SSSR count). The molecule has 1 aliphatic heterocycles. The molecule has 3 heterocycles. The molecule has 0 bridgehead atoms. The van der Waals surface area contributed by atoms with Crippen molar-refractivity contribution in [1.29, 1.82) is 0 Å². The first-order chi connectivity index (χ1) is 13.2. The Morgan fingerprint density at radius 1 is 1.18 bits per heavy atom. The molecular formula is C22H27ClN4S. The lowest BCUT2D eigenvalue weighted by atomic mass is 9.93. The van der Waals surface area contributed by atoms with Crippen LogP contribution in [0.1, 0.15) is 35.5 Å². The maximum atomic E-state index is 4.64. The second-order valence-corrected chi connectivity index (χ2v) is 9.12. The Morgan fingerprint density at radius 3 is 2.82 bits per heavy atom. The van der Waals surface area contributed by atoms with Crippen molar-refractivity contribution < 1.29 is 0 Å². The van der Waals surface area contributed by atoms with Crippen molar-refractivity contribution in [2.75, 3.05) is 13.1 Å². The molecule has 0 amide bonds. The van der Waals surface area contributed by atoms with Crippen LogP contribution < -0.4 is 5.32 Å². The Bertz CT molecular complexity index is 937. The van der Waals surface area contributed by atoms with E-state index in [0.29, 0.717) is 11.5 Å². The van der Waals surface area contributed by atoms with Gasteiger partial charge in [0.25, 0.3) is 0 Å². The van der Waals surface area contributed by atoms with Crippen LogP contribution in [-0.4, -0.2) is 34.0 Å². The van der Waals surface area contributed by atoms with Gasteiger partial charge in [0.05, 0.1) is 12.1 Å². The van der Waals surface area contributed by atoms with Crippen LogP contribution in [0, 0.1) is 12.3 Å². The van der Waals surface area contributed by atoms with Gasteiger partial charge in [0.1, 0.15) is 5.01 Å². The molecule has 1 aliphatic carbocycles. The molecule has 0 radical (unpaired) electrons. The molecule has 1 unspecified atom stereocenters. The van der Waals surface area contributed by atoms with Crippen LogP contribution in [0.2, 0.25) is 0 Å². The van der Waals surface area contributed by atoms with E-state index in [1.54, 1.807) is 11.3 Å². The number of hydrogen-bond donors (Lipinski definition) is 1. The molecule has 1 aromatic carbocycles. The van der Waals surface area contributed by atoms with E-state index in [-0.39, 0.29) is 12.4 Å². The van der Waals surface area contributed by atoms with E-state index < -0.39 is 0 Å². The van der Waals surface area contributed by atoms with Gasteiger partial charge < -0.3 is 5.32 Å². The van der Waals surface area contributed by atoms with Crippen LogP contribution in [0.4, 0.5) is 0 Å². The minimum atomic E-state index is 0. The number of nitrogens with one attached hydrogen (secondary N) is 1. The summed E-state index contributed by atoms with van der Waals surface area (Å²) in [4.78, 5) is 11.9. The van der Waals surface area contributed by atoms with E-state index in [0.717, 1.165) is 24.3 Å². The van der Waals surface area contributed by atoms with Crippen molar-refractivity contribution in [2.24, 2.45) is 5.41 Å². The van der Waals surface area contributed by atoms with Crippen molar-refractivity contribution in [3.8, 4) is 0 Å². The predicted molar refractivity (Wildman–Crippen MR) is 118 cm³/mol. The van der Waals surface area contributed by atoms with E-state index in [2.05, 4.69) is 62.8 Å². The fourth-order valence-corrected chi connectivity index (χ4v) is 5.34. The molecule has 1 N–H and O–H groups in total. The van der Waals surface area contributed by atoms with Gasteiger partial charge in [-0.05, 0) is 68.5 Å². The maximum Gasteiger partial charge on any atom is 0.107 e. The van der Waals surface area contributed by atoms with Crippen molar-refractivity contribution in [1.82, 2.24) is 20.2 Å². The Kier molecular flexibility index (Phi) is 5.70. The monoisotopic (exact) mass is 414 g/mol. The van der Waals surface area contributed by atoms with Gasteiger partial charge in [-0.25, -0.2) is 4.98 Å². The molecule has 2 fully saturated rings. The maximum absolute atomic E-state index is 4.64. The van der Waals surface area contributed by atoms with Gasteiger partial charge >= 0.3 is 0 Å². The summed E-state index contributed by atoms with van der Waals surface area (Å²) < 4.78 is 0. The highest BCUT2D eigenvalue weighted by molar-refractivity contribution is 7.09. The summed E-state index contributed by atoms with van der Waals surface area (Å²) in [7, 11) is 0. The van der Waals surface area contributed by atoms with Crippen molar-refractivity contribution in [3.63, 3.8) is 0 Å². The molecule has 2 aromatic heterocycles. The molecular weight excluding hydrogens is 388 g/mol. The van der Waals surface area contributed by atoms with Gasteiger partial charge in [0.15, 0.2) is 0 Å². The summed E-state index contributed by atoms with van der Waals surface area (Å²) in [5, 5.41) is 8.07. The second-order valence-electron chi connectivity index (χ2n) is 8.14. The molecule has 4 nitrogen and oxygen atoms in total. The molecule has 3 aromatic rings. The summed E-state index contributed by atoms with van der Waals surface area (Å²) in [5.41, 5.74) is 4.08. The molecule has 148 valence electrons. The molecule has 1 atom stereocenters. The second kappa shape index (κ2) is 8.07. The van der Waals surface area contributed by atoms with E-state index in [1.165, 1.54) is 48.3 Å². The fraction of sp³-hybridized carbons (Fsp3) is 0.455. The third-order valence-electron chi connectivity index (χ3n) is 6.29. The lowest BCUT2D eigenvalue weighted by Crippen LogP contribution is -2.35. The van der Waals surface area contributed by atoms with Gasteiger partial charge in [-0.2, -0.15) is 0 Å². The summed E-state index contributed by atoms with van der Waals surface area (Å²) >= 11 is 1.77. The molecule has 1 saturated carbocycles. The highest BCUT2D eigenvalue weighted by Gasteiger charge is 2.56. The summed E-state index contributed by atoms with van der Waals surface area (Å²) in [5.74, 6) is 0. The van der Waals surface area contributed by atoms with Crippen molar-refractivity contribution >= 4 is 34.6 Å². The summed E-state index contributed by atoms with van der Waals surface area (Å²) in [6.07, 6.45) is 5.89. The van der Waals surface area contributed by atoms with Crippen molar-refractivity contribution in [3.05, 3.63) is 58.2 Å². The van der Waals surface area contributed by atoms with Crippen LogP contribution >= 0.6 is 23.7 Å². The van der Waals surface area contributed by atoms with Gasteiger partial charge in [-0.15, -0.1) is 23.7 Å². The van der Waals surface area contributed by atoms with Crippen LogP contribution in [0.25, 0.3) is 10.9 Å². The number of piperidine rings is 1. The zero-order valence-electron chi connectivity index (χ0n) is 16.2. The van der Waals surface area contributed by atoms with Gasteiger partial charge in [-0.3, -0.25) is 9.88 Å². The number of benzene rings is 1. The first-order valence-electron chi connectivity index (χ1n) is 9.91. The summed E-state index contributed by atoms with van der Waals surface area (Å²) in [6, 6.07) is 11.7. The Labute approximate surface area is 176 Å². The Morgan fingerprint density at radius 2 is 2.04 bits per heavy atom. The number of aryl methyl sites for hydroxylation is 1. The first kappa shape index (κ1) is 19.8. The smallest absolute Gasteiger partial charge is 0.107 e. The molecule has 28 heavy (non-hydrogen) atoms. The number of halogens is 1. The number of nitrogens with zero attached hydrogens (tertiary/aromatic N) is 3. The molecule has 2 aliphatic rings. The number of rotatable bonds is 5. The Balaban J connectivity index is 0.00000192. The fourth-order valence-electron chi connectivity index (χ4n) is 4.70. The molecule has 1 saturated heterocycles. The third kappa shape index (κ3) is 3.94. The van der Waals surface area contributed by atoms with Crippen LogP contribution in [0.3, 0.4) is 0 Å². The molecule has 1 spiro atoms. The summed E-state index contributed by atoms with van der Waals surface area (Å²) in [6.45, 7) is 6.34. The topological polar surface area (TPSA) is 41.1 Å². The number of hydrogen-bond acceptors (Lipinski definition) is 5. The van der Waals surface area contributed by atoms with E-state index in [1.807, 2.05) is 6.20 Å². The van der Waals surface area contributed by atoms with Gasteiger partial charge in [-0.1, -0.05) is 12.1 Å². The van der Waals surface area contributed by atoms with Gasteiger partial charge in [0.2, 0.25) is 0 Å². The number of pyridine rings is 1. The zero-order valence-corrected chi connectivity index (χ0v) is 17.9. The minimum absolute atomic E-state index is 0. The van der Waals surface area contributed by atoms with Gasteiger partial charge in [0, 0.05) is 35.2 Å². The highest BCUT2D eigenvalue weighted by atomic mass is 35.5. The first-order valence-corrected chi connectivity index (χ1v) is 10.8. The van der Waals surface area contributed by atoms with Crippen LogP contribution in [-0.2, 0) is 13.1 Å². The Hall–Kier alpha value is -1.53. The largest absolute Gasteiger partial charge is 0.317 e. The average Bonchev–Trinajstić information content (AvgIpc) is 3.11. The van der Waals surface area contributed by atoms with E-state index >= 15 is 0 Å². The van der Waals surface area contributed by atoms with E-state index in [4.69, 9.17) is 0 Å². The van der Waals surface area contributed by atoms with Crippen molar-refractivity contribution in [2.45, 2.75) is 45.3 Å². The van der Waals surface area contributed by atoms with E-state index in [9.17, 15) is 0 Å². The zero-order chi connectivity index (χ0) is 18.3. The lowest BCUT2D eigenvalue weighted by Gasteiger charge is -2.29. The SMILES string of the molecule is Cc1ccc2cc(CN(Cc3nccs3)C3CC34CCNCC4)ccc2n1.Cl. The minimum Gasteiger partial charge on any atom is -0.317 e. The number of thiazole rings is 1. The van der Waals surface area contributed by atoms with Crippen LogP contribution in [0.15, 0.2) is 41.9 Å². The third-order valence-corrected chi connectivity index (χ3v) is 7.05. The lowest BCUT2D eigenvalue weighted by molar-refractivity contribution is 0.188. The number of fused-ring (bicyclic) bond motifs is 1.